The lowest BCUT2D eigenvalue weighted by molar-refractivity contribution is 0.317. The van der Waals surface area contributed by atoms with Gasteiger partial charge >= 0.3 is 0 Å². The van der Waals surface area contributed by atoms with Crippen molar-refractivity contribution in [3.05, 3.63) is 46.2 Å². The Morgan fingerprint density at radius 1 is 1.25 bits per heavy atom. The molecule has 0 saturated carbocycles. The van der Waals surface area contributed by atoms with Gasteiger partial charge in [-0.2, -0.15) is 0 Å². The van der Waals surface area contributed by atoms with E-state index in [1.165, 1.54) is 30.5 Å². The molecule has 0 bridgehead atoms. The molecule has 1 unspecified atom stereocenters. The van der Waals surface area contributed by atoms with Gasteiger partial charge in [-0.05, 0) is 67.0 Å². The zero-order chi connectivity index (χ0) is 13.8. The second-order valence-electron chi connectivity index (χ2n) is 5.26. The average molecular weight is 287 g/mol. The van der Waals surface area contributed by atoms with E-state index in [9.17, 15) is 0 Å². The van der Waals surface area contributed by atoms with Crippen LogP contribution in [0, 0.1) is 0 Å². The second kappa shape index (κ2) is 6.31. The van der Waals surface area contributed by atoms with Crippen molar-refractivity contribution >= 4 is 17.0 Å². The molecular formula is C17H21NOS. The number of thiophene rings is 1. The standard InChI is InChI=1S/C17H21NOS/c1-2-11-19-14-8-6-13(7-9-14)18-16-4-3-5-17-15(16)10-12-20-17/h6-10,12,16,18H,2-5,11H2,1H3. The number of fused-ring (bicyclic) bond motifs is 1. The predicted octanol–water partition coefficient (Wildman–Crippen LogP) is 5.03. The maximum Gasteiger partial charge on any atom is 0.119 e. The van der Waals surface area contributed by atoms with Crippen LogP contribution in [0.25, 0.3) is 0 Å². The highest BCUT2D eigenvalue weighted by Gasteiger charge is 2.20. The molecule has 2 nitrogen and oxygen atoms in total. The molecule has 1 heterocycles. The Balaban J connectivity index is 1.67. The fourth-order valence-corrected chi connectivity index (χ4v) is 3.69. The molecule has 1 aromatic heterocycles. The molecule has 0 aliphatic heterocycles. The molecule has 3 heteroatoms. The van der Waals surface area contributed by atoms with Gasteiger partial charge in [0.25, 0.3) is 0 Å². The third-order valence-corrected chi connectivity index (χ3v) is 4.72. The Morgan fingerprint density at radius 3 is 2.90 bits per heavy atom. The Labute approximate surface area is 124 Å². The first-order valence-corrected chi connectivity index (χ1v) is 8.30. The smallest absolute Gasteiger partial charge is 0.119 e. The van der Waals surface area contributed by atoms with Crippen LogP contribution in [0.2, 0.25) is 0 Å². The fourth-order valence-electron chi connectivity index (χ4n) is 2.70. The topological polar surface area (TPSA) is 21.3 Å². The van der Waals surface area contributed by atoms with Crippen LogP contribution in [0.3, 0.4) is 0 Å². The van der Waals surface area contributed by atoms with Crippen LogP contribution in [0.15, 0.2) is 35.7 Å². The first kappa shape index (κ1) is 13.5. The zero-order valence-electron chi connectivity index (χ0n) is 11.9. The van der Waals surface area contributed by atoms with Crippen LogP contribution in [0.4, 0.5) is 5.69 Å². The predicted molar refractivity (Wildman–Crippen MR) is 85.8 cm³/mol. The molecule has 1 aliphatic rings. The quantitative estimate of drug-likeness (QED) is 0.833. The lowest BCUT2D eigenvalue weighted by Crippen LogP contribution is -2.15. The minimum absolute atomic E-state index is 0.465. The summed E-state index contributed by atoms with van der Waals surface area (Å²) in [4.78, 5) is 1.55. The maximum absolute atomic E-state index is 5.62. The van der Waals surface area contributed by atoms with Gasteiger partial charge < -0.3 is 10.1 Å². The van der Waals surface area contributed by atoms with Gasteiger partial charge in [-0.3, -0.25) is 0 Å². The Morgan fingerprint density at radius 2 is 2.10 bits per heavy atom. The van der Waals surface area contributed by atoms with E-state index in [1.807, 2.05) is 11.3 Å². The molecule has 1 N–H and O–H groups in total. The summed E-state index contributed by atoms with van der Waals surface area (Å²) in [6, 6.07) is 11.1. The fraction of sp³-hybridized carbons (Fsp3) is 0.412. The number of hydrogen-bond donors (Lipinski definition) is 1. The third kappa shape index (κ3) is 2.98. The van der Waals surface area contributed by atoms with Crippen LogP contribution in [-0.4, -0.2) is 6.61 Å². The molecule has 1 atom stereocenters. The zero-order valence-corrected chi connectivity index (χ0v) is 12.7. The Kier molecular flexibility index (Phi) is 4.26. The van der Waals surface area contributed by atoms with Crippen molar-refractivity contribution in [2.45, 2.75) is 38.6 Å². The molecule has 1 aliphatic carbocycles. The molecule has 0 saturated heterocycles. The largest absolute Gasteiger partial charge is 0.494 e. The number of hydrogen-bond acceptors (Lipinski definition) is 3. The van der Waals surface area contributed by atoms with E-state index in [4.69, 9.17) is 4.74 Å². The summed E-state index contributed by atoms with van der Waals surface area (Å²) in [5.74, 6) is 0.956. The van der Waals surface area contributed by atoms with E-state index in [0.29, 0.717) is 6.04 Å². The molecule has 0 spiro atoms. The van der Waals surface area contributed by atoms with Gasteiger partial charge in [0.1, 0.15) is 5.75 Å². The molecule has 0 radical (unpaired) electrons. The summed E-state index contributed by atoms with van der Waals surface area (Å²) >= 11 is 1.89. The van der Waals surface area contributed by atoms with Crippen molar-refractivity contribution in [2.75, 3.05) is 11.9 Å². The monoisotopic (exact) mass is 287 g/mol. The number of ether oxygens (including phenoxy) is 1. The molecule has 0 fully saturated rings. The number of aryl methyl sites for hydroxylation is 1. The summed E-state index contributed by atoms with van der Waals surface area (Å²) in [7, 11) is 0. The van der Waals surface area contributed by atoms with Crippen LogP contribution >= 0.6 is 11.3 Å². The third-order valence-electron chi connectivity index (χ3n) is 3.72. The molecule has 106 valence electrons. The summed E-state index contributed by atoms with van der Waals surface area (Å²) in [5.41, 5.74) is 2.67. The summed E-state index contributed by atoms with van der Waals surface area (Å²) < 4.78 is 5.62. The molecular weight excluding hydrogens is 266 g/mol. The van der Waals surface area contributed by atoms with E-state index in [-0.39, 0.29) is 0 Å². The van der Waals surface area contributed by atoms with E-state index < -0.39 is 0 Å². The van der Waals surface area contributed by atoms with Crippen LogP contribution in [0.1, 0.15) is 42.7 Å². The minimum atomic E-state index is 0.465. The lowest BCUT2D eigenvalue weighted by atomic mass is 9.94. The normalized spacial score (nSPS) is 17.6. The molecule has 0 amide bonds. The van der Waals surface area contributed by atoms with Crippen molar-refractivity contribution in [1.82, 2.24) is 0 Å². The van der Waals surface area contributed by atoms with Crippen LogP contribution in [-0.2, 0) is 6.42 Å². The van der Waals surface area contributed by atoms with E-state index in [2.05, 4.69) is 48.0 Å². The number of anilines is 1. The highest BCUT2D eigenvalue weighted by molar-refractivity contribution is 7.10. The van der Waals surface area contributed by atoms with Crippen molar-refractivity contribution in [3.63, 3.8) is 0 Å². The highest BCUT2D eigenvalue weighted by Crippen LogP contribution is 2.35. The van der Waals surface area contributed by atoms with Crippen LogP contribution in [0.5, 0.6) is 5.75 Å². The second-order valence-corrected chi connectivity index (χ2v) is 6.26. The number of nitrogens with one attached hydrogen (secondary N) is 1. The summed E-state index contributed by atoms with van der Waals surface area (Å²) in [5, 5.41) is 5.87. The van der Waals surface area contributed by atoms with Gasteiger partial charge in [0.05, 0.1) is 12.6 Å². The van der Waals surface area contributed by atoms with E-state index >= 15 is 0 Å². The van der Waals surface area contributed by atoms with E-state index in [1.54, 1.807) is 4.88 Å². The maximum atomic E-state index is 5.62. The molecule has 2 aromatic rings. The molecule has 1 aromatic carbocycles. The van der Waals surface area contributed by atoms with Crippen molar-refractivity contribution in [2.24, 2.45) is 0 Å². The summed E-state index contributed by atoms with van der Waals surface area (Å²) in [6.45, 7) is 2.91. The van der Waals surface area contributed by atoms with Crippen molar-refractivity contribution in [3.8, 4) is 5.75 Å². The van der Waals surface area contributed by atoms with Gasteiger partial charge in [0.15, 0.2) is 0 Å². The first-order valence-electron chi connectivity index (χ1n) is 7.42. The van der Waals surface area contributed by atoms with Crippen molar-refractivity contribution < 1.29 is 4.74 Å². The number of rotatable bonds is 5. The number of benzene rings is 1. The van der Waals surface area contributed by atoms with Gasteiger partial charge in [-0.25, -0.2) is 0 Å². The van der Waals surface area contributed by atoms with E-state index in [0.717, 1.165) is 18.8 Å². The Hall–Kier alpha value is -1.48. The molecule has 3 rings (SSSR count). The van der Waals surface area contributed by atoms with Crippen LogP contribution < -0.4 is 10.1 Å². The average Bonchev–Trinajstić information content (AvgIpc) is 2.96. The summed E-state index contributed by atoms with van der Waals surface area (Å²) in [6.07, 6.45) is 4.79. The van der Waals surface area contributed by atoms with Crippen molar-refractivity contribution in [1.29, 1.82) is 0 Å². The van der Waals surface area contributed by atoms with Gasteiger partial charge in [-0.1, -0.05) is 6.92 Å². The molecule has 20 heavy (non-hydrogen) atoms. The van der Waals surface area contributed by atoms with Gasteiger partial charge in [-0.15, -0.1) is 11.3 Å². The lowest BCUT2D eigenvalue weighted by Gasteiger charge is -2.24. The minimum Gasteiger partial charge on any atom is -0.494 e. The highest BCUT2D eigenvalue weighted by atomic mass is 32.1. The van der Waals surface area contributed by atoms with Gasteiger partial charge in [0, 0.05) is 10.6 Å². The SMILES string of the molecule is CCCOc1ccc(NC2CCCc3sccc32)cc1. The van der Waals surface area contributed by atoms with Gasteiger partial charge in [0.2, 0.25) is 0 Å². The Bertz CT molecular complexity index is 546. The first-order chi connectivity index (χ1) is 9.86.